The predicted octanol–water partition coefficient (Wildman–Crippen LogP) is 3.92. The lowest BCUT2D eigenvalue weighted by atomic mass is 9.96. The lowest BCUT2D eigenvalue weighted by Gasteiger charge is -2.31. The van der Waals surface area contributed by atoms with Crippen molar-refractivity contribution in [2.75, 3.05) is 13.1 Å². The fourth-order valence-electron chi connectivity index (χ4n) is 3.31. The average Bonchev–Trinajstić information content (AvgIpc) is 3.13. The molecule has 0 bridgehead atoms. The van der Waals surface area contributed by atoms with Crippen molar-refractivity contribution >= 4 is 5.91 Å². The molecule has 1 aromatic heterocycles. The molecule has 1 aromatic carbocycles. The molecule has 1 unspecified atom stereocenters. The van der Waals surface area contributed by atoms with Gasteiger partial charge in [-0.25, -0.2) is 0 Å². The standard InChI is InChI=1S/C20H27N3O2/c1-15(2)20-21-19(22-25-20)17-11-7-13-23(14-17)18(24)12-6-10-16-8-4-3-5-9-16/h3-5,8-9,15,17H,6-7,10-14H2,1-2H3. The van der Waals surface area contributed by atoms with Crippen LogP contribution in [0.1, 0.15) is 68.6 Å². The second-order valence-electron chi connectivity index (χ2n) is 7.16. The minimum atomic E-state index is 0.197. The summed E-state index contributed by atoms with van der Waals surface area (Å²) >= 11 is 0. The largest absolute Gasteiger partial charge is 0.342 e. The van der Waals surface area contributed by atoms with Crippen molar-refractivity contribution in [3.63, 3.8) is 0 Å². The third-order valence-corrected chi connectivity index (χ3v) is 4.79. The molecule has 134 valence electrons. The van der Waals surface area contributed by atoms with Gasteiger partial charge in [0.1, 0.15) is 0 Å². The van der Waals surface area contributed by atoms with Gasteiger partial charge < -0.3 is 9.42 Å². The fraction of sp³-hybridized carbons (Fsp3) is 0.550. The van der Waals surface area contributed by atoms with Crippen LogP contribution in [-0.2, 0) is 11.2 Å². The maximum atomic E-state index is 12.5. The number of benzene rings is 1. The first-order valence-electron chi connectivity index (χ1n) is 9.28. The summed E-state index contributed by atoms with van der Waals surface area (Å²) in [6.07, 6.45) is 4.47. The Kier molecular flexibility index (Phi) is 5.84. The Hall–Kier alpha value is -2.17. The Morgan fingerprint density at radius 2 is 2.12 bits per heavy atom. The number of likely N-dealkylation sites (tertiary alicyclic amines) is 1. The second-order valence-corrected chi connectivity index (χ2v) is 7.16. The van der Waals surface area contributed by atoms with E-state index < -0.39 is 0 Å². The summed E-state index contributed by atoms with van der Waals surface area (Å²) < 4.78 is 5.32. The van der Waals surface area contributed by atoms with Gasteiger partial charge in [-0.2, -0.15) is 4.98 Å². The molecule has 1 saturated heterocycles. The van der Waals surface area contributed by atoms with Crippen LogP contribution in [0.2, 0.25) is 0 Å². The van der Waals surface area contributed by atoms with Crippen molar-refractivity contribution in [1.29, 1.82) is 0 Å². The monoisotopic (exact) mass is 341 g/mol. The predicted molar refractivity (Wildman–Crippen MR) is 96.3 cm³/mol. The van der Waals surface area contributed by atoms with E-state index in [0.29, 0.717) is 18.9 Å². The van der Waals surface area contributed by atoms with E-state index in [1.165, 1.54) is 5.56 Å². The molecule has 1 aliphatic rings. The molecule has 1 fully saturated rings. The van der Waals surface area contributed by atoms with E-state index in [1.54, 1.807) is 0 Å². The summed E-state index contributed by atoms with van der Waals surface area (Å²) in [5.41, 5.74) is 1.29. The SMILES string of the molecule is CC(C)c1nc(C2CCCN(C(=O)CCCc3ccccc3)C2)no1. The minimum Gasteiger partial charge on any atom is -0.342 e. The molecule has 0 aliphatic carbocycles. The Morgan fingerprint density at radius 1 is 1.32 bits per heavy atom. The van der Waals surface area contributed by atoms with Crippen molar-refractivity contribution in [3.8, 4) is 0 Å². The molecule has 3 rings (SSSR count). The maximum Gasteiger partial charge on any atom is 0.229 e. The van der Waals surface area contributed by atoms with Gasteiger partial charge in [0.2, 0.25) is 11.8 Å². The molecule has 25 heavy (non-hydrogen) atoms. The molecule has 0 radical (unpaired) electrons. The van der Waals surface area contributed by atoms with Gasteiger partial charge in [-0.05, 0) is 31.2 Å². The number of hydrogen-bond donors (Lipinski definition) is 0. The number of aromatic nitrogens is 2. The first-order chi connectivity index (χ1) is 12.1. The molecule has 1 aliphatic heterocycles. The molecule has 1 atom stereocenters. The number of piperidine rings is 1. The van der Waals surface area contributed by atoms with Crippen LogP contribution in [-0.4, -0.2) is 34.0 Å². The quantitative estimate of drug-likeness (QED) is 0.799. The maximum absolute atomic E-state index is 12.5. The molecule has 2 aromatic rings. The zero-order valence-electron chi connectivity index (χ0n) is 15.1. The molecular formula is C20H27N3O2. The van der Waals surface area contributed by atoms with Crippen LogP contribution in [0.25, 0.3) is 0 Å². The summed E-state index contributed by atoms with van der Waals surface area (Å²) in [6.45, 7) is 5.64. The van der Waals surface area contributed by atoms with Gasteiger partial charge in [-0.15, -0.1) is 0 Å². The molecule has 0 N–H and O–H groups in total. The lowest BCUT2D eigenvalue weighted by molar-refractivity contribution is -0.132. The lowest BCUT2D eigenvalue weighted by Crippen LogP contribution is -2.39. The van der Waals surface area contributed by atoms with E-state index in [1.807, 2.05) is 36.9 Å². The van der Waals surface area contributed by atoms with E-state index in [4.69, 9.17) is 4.52 Å². The van der Waals surface area contributed by atoms with Crippen molar-refractivity contribution in [3.05, 3.63) is 47.6 Å². The van der Waals surface area contributed by atoms with Crippen LogP contribution < -0.4 is 0 Å². The summed E-state index contributed by atoms with van der Waals surface area (Å²) in [5, 5.41) is 4.13. The molecule has 1 amide bonds. The third kappa shape index (κ3) is 4.68. The molecule has 5 nitrogen and oxygen atoms in total. The molecule has 2 heterocycles. The van der Waals surface area contributed by atoms with Crippen molar-refractivity contribution in [2.45, 2.75) is 57.8 Å². The number of rotatable bonds is 6. The van der Waals surface area contributed by atoms with Crippen molar-refractivity contribution < 1.29 is 9.32 Å². The highest BCUT2D eigenvalue weighted by Crippen LogP contribution is 2.26. The smallest absolute Gasteiger partial charge is 0.229 e. The van der Waals surface area contributed by atoms with Crippen LogP contribution >= 0.6 is 0 Å². The van der Waals surface area contributed by atoms with E-state index in [-0.39, 0.29) is 17.7 Å². The average molecular weight is 341 g/mol. The molecule has 0 saturated carbocycles. The van der Waals surface area contributed by atoms with Gasteiger partial charge in [0.05, 0.1) is 0 Å². The highest BCUT2D eigenvalue weighted by atomic mass is 16.5. The number of nitrogens with zero attached hydrogens (tertiary/aromatic N) is 3. The van der Waals surface area contributed by atoms with Gasteiger partial charge in [0, 0.05) is 31.3 Å². The van der Waals surface area contributed by atoms with Crippen LogP contribution in [0.3, 0.4) is 0 Å². The van der Waals surface area contributed by atoms with Gasteiger partial charge in [0.15, 0.2) is 5.82 Å². The van der Waals surface area contributed by atoms with Crippen molar-refractivity contribution in [2.24, 2.45) is 0 Å². The van der Waals surface area contributed by atoms with E-state index >= 15 is 0 Å². The second kappa shape index (κ2) is 8.28. The van der Waals surface area contributed by atoms with Crippen LogP contribution in [0.5, 0.6) is 0 Å². The highest BCUT2D eigenvalue weighted by Gasteiger charge is 2.28. The summed E-state index contributed by atoms with van der Waals surface area (Å²) in [7, 11) is 0. The van der Waals surface area contributed by atoms with Crippen molar-refractivity contribution in [1.82, 2.24) is 15.0 Å². The number of carbonyl (C=O) groups excluding carboxylic acids is 1. The zero-order chi connectivity index (χ0) is 17.6. The fourth-order valence-corrected chi connectivity index (χ4v) is 3.31. The Bertz CT molecular complexity index is 681. The normalized spacial score (nSPS) is 17.9. The van der Waals surface area contributed by atoms with E-state index in [0.717, 1.165) is 38.1 Å². The summed E-state index contributed by atoms with van der Waals surface area (Å²) in [4.78, 5) is 19.0. The molecular weight excluding hydrogens is 314 g/mol. The third-order valence-electron chi connectivity index (χ3n) is 4.79. The van der Waals surface area contributed by atoms with Gasteiger partial charge in [-0.1, -0.05) is 49.3 Å². The van der Waals surface area contributed by atoms with E-state index in [2.05, 4.69) is 22.3 Å². The summed E-state index contributed by atoms with van der Waals surface area (Å²) in [5.74, 6) is 2.11. The molecule has 5 heteroatoms. The first-order valence-corrected chi connectivity index (χ1v) is 9.28. The summed E-state index contributed by atoms with van der Waals surface area (Å²) in [6, 6.07) is 10.3. The first kappa shape index (κ1) is 17.6. The number of hydrogen-bond acceptors (Lipinski definition) is 4. The van der Waals surface area contributed by atoms with E-state index in [9.17, 15) is 4.79 Å². The van der Waals surface area contributed by atoms with Gasteiger partial charge >= 0.3 is 0 Å². The van der Waals surface area contributed by atoms with Crippen LogP contribution in [0, 0.1) is 0 Å². The Morgan fingerprint density at radius 3 is 2.84 bits per heavy atom. The topological polar surface area (TPSA) is 59.2 Å². The molecule has 0 spiro atoms. The number of carbonyl (C=O) groups is 1. The van der Waals surface area contributed by atoms with Gasteiger partial charge in [0.25, 0.3) is 0 Å². The highest BCUT2D eigenvalue weighted by molar-refractivity contribution is 5.76. The minimum absolute atomic E-state index is 0.197. The number of aryl methyl sites for hydroxylation is 1. The van der Waals surface area contributed by atoms with Gasteiger partial charge in [-0.3, -0.25) is 4.79 Å². The number of amides is 1. The van der Waals surface area contributed by atoms with Crippen LogP contribution in [0.15, 0.2) is 34.9 Å². The Balaban J connectivity index is 1.50. The van der Waals surface area contributed by atoms with Crippen LogP contribution in [0.4, 0.5) is 0 Å². The Labute approximate surface area is 149 Å². The zero-order valence-corrected chi connectivity index (χ0v) is 15.1.